The number of anilines is 1. The van der Waals surface area contributed by atoms with Crippen molar-refractivity contribution in [2.45, 2.75) is 13.3 Å². The monoisotopic (exact) mass is 286 g/mol. The van der Waals surface area contributed by atoms with Gasteiger partial charge in [-0.2, -0.15) is 12.7 Å². The molecule has 1 aromatic carbocycles. The number of nitrogens with one attached hydrogen (secondary N) is 1. The van der Waals surface area contributed by atoms with Gasteiger partial charge in [0.1, 0.15) is 0 Å². The molecule has 0 saturated carbocycles. The van der Waals surface area contributed by atoms with E-state index in [0.29, 0.717) is 5.69 Å². The Balaban J connectivity index is 2.70. The molecule has 1 N–H and O–H groups in total. The van der Waals surface area contributed by atoms with Crippen LogP contribution in [0.4, 0.5) is 5.69 Å². The fourth-order valence-electron chi connectivity index (χ4n) is 1.38. The van der Waals surface area contributed by atoms with E-state index in [-0.39, 0.29) is 13.0 Å². The van der Waals surface area contributed by atoms with E-state index in [9.17, 15) is 13.2 Å². The lowest BCUT2D eigenvalue weighted by atomic mass is 10.2. The number of ether oxygens (including phenoxy) is 1. The minimum Gasteiger partial charge on any atom is -0.469 e. The summed E-state index contributed by atoms with van der Waals surface area (Å²) in [6, 6.07) is 7.07. The summed E-state index contributed by atoms with van der Waals surface area (Å²) in [5, 5.41) is 0. The van der Waals surface area contributed by atoms with Crippen LogP contribution < -0.4 is 4.72 Å². The number of hydrogen-bond donors (Lipinski definition) is 1. The summed E-state index contributed by atoms with van der Waals surface area (Å²) in [6.07, 6.45) is 0.0156. The molecule has 0 aromatic heterocycles. The zero-order valence-corrected chi connectivity index (χ0v) is 12.0. The second kappa shape index (κ2) is 6.53. The van der Waals surface area contributed by atoms with Gasteiger partial charge < -0.3 is 4.74 Å². The van der Waals surface area contributed by atoms with E-state index in [2.05, 4.69) is 9.46 Å². The summed E-state index contributed by atoms with van der Waals surface area (Å²) < 4.78 is 32.1. The van der Waals surface area contributed by atoms with Crippen molar-refractivity contribution in [3.8, 4) is 0 Å². The fourth-order valence-corrected chi connectivity index (χ4v) is 2.37. The van der Waals surface area contributed by atoms with Crippen LogP contribution in [0.3, 0.4) is 0 Å². The largest absolute Gasteiger partial charge is 0.469 e. The maximum absolute atomic E-state index is 12.0. The average molecular weight is 286 g/mol. The van der Waals surface area contributed by atoms with Gasteiger partial charge in [-0.05, 0) is 18.6 Å². The van der Waals surface area contributed by atoms with Crippen LogP contribution in [0.1, 0.15) is 12.0 Å². The molecule has 0 spiro atoms. The lowest BCUT2D eigenvalue weighted by Gasteiger charge is -2.18. The number of carbonyl (C=O) groups excluding carboxylic acids is 1. The third kappa shape index (κ3) is 4.53. The molecule has 0 atom stereocenters. The van der Waals surface area contributed by atoms with E-state index >= 15 is 0 Å². The molecule has 0 unspecified atom stereocenters. The van der Waals surface area contributed by atoms with Crippen molar-refractivity contribution in [1.29, 1.82) is 0 Å². The molecule has 0 aliphatic rings. The van der Waals surface area contributed by atoms with E-state index in [4.69, 9.17) is 0 Å². The number of para-hydroxylation sites is 1. The van der Waals surface area contributed by atoms with Gasteiger partial charge in [0.15, 0.2) is 0 Å². The van der Waals surface area contributed by atoms with Gasteiger partial charge in [0.2, 0.25) is 0 Å². The van der Waals surface area contributed by atoms with Crippen molar-refractivity contribution in [3.05, 3.63) is 29.8 Å². The highest BCUT2D eigenvalue weighted by molar-refractivity contribution is 7.90. The number of rotatable bonds is 6. The SMILES string of the molecule is COC(=O)CCN(C)S(=O)(=O)Nc1ccccc1C. The molecule has 0 radical (unpaired) electrons. The summed E-state index contributed by atoms with van der Waals surface area (Å²) in [6.45, 7) is 1.88. The second-order valence-corrected chi connectivity index (χ2v) is 5.85. The maximum Gasteiger partial charge on any atom is 0.306 e. The zero-order valence-electron chi connectivity index (χ0n) is 11.2. The standard InChI is InChI=1S/C12H18N2O4S/c1-10-6-4-5-7-11(10)13-19(16,17)14(2)9-8-12(15)18-3/h4-7,13H,8-9H2,1-3H3. The predicted molar refractivity (Wildman–Crippen MR) is 73.0 cm³/mol. The van der Waals surface area contributed by atoms with Crippen molar-refractivity contribution >= 4 is 21.9 Å². The lowest BCUT2D eigenvalue weighted by molar-refractivity contribution is -0.140. The number of carbonyl (C=O) groups is 1. The normalized spacial score (nSPS) is 11.4. The number of hydrogen-bond acceptors (Lipinski definition) is 4. The van der Waals surface area contributed by atoms with Crippen LogP contribution in [-0.2, 0) is 19.7 Å². The number of nitrogens with zero attached hydrogens (tertiary/aromatic N) is 1. The third-order valence-corrected chi connectivity index (χ3v) is 4.13. The van der Waals surface area contributed by atoms with Crippen LogP contribution >= 0.6 is 0 Å². The predicted octanol–water partition coefficient (Wildman–Crippen LogP) is 1.15. The van der Waals surface area contributed by atoms with Gasteiger partial charge in [0.25, 0.3) is 0 Å². The first-order chi connectivity index (χ1) is 8.86. The lowest BCUT2D eigenvalue weighted by Crippen LogP contribution is -2.34. The number of esters is 1. The molecule has 0 heterocycles. The molecule has 106 valence electrons. The fraction of sp³-hybridized carbons (Fsp3) is 0.417. The second-order valence-electron chi connectivity index (χ2n) is 4.07. The Kier molecular flexibility index (Phi) is 5.31. The van der Waals surface area contributed by atoms with Crippen LogP contribution in [0.15, 0.2) is 24.3 Å². The van der Waals surface area contributed by atoms with Gasteiger partial charge in [0, 0.05) is 13.6 Å². The first-order valence-corrected chi connectivity index (χ1v) is 7.17. The topological polar surface area (TPSA) is 75.7 Å². The molecule has 0 fully saturated rings. The molecular formula is C12H18N2O4S. The summed E-state index contributed by atoms with van der Waals surface area (Å²) >= 11 is 0. The Morgan fingerprint density at radius 1 is 1.37 bits per heavy atom. The first kappa shape index (κ1) is 15.5. The molecule has 1 aromatic rings. The number of aryl methyl sites for hydroxylation is 1. The zero-order chi connectivity index (χ0) is 14.5. The van der Waals surface area contributed by atoms with Gasteiger partial charge in [0.05, 0.1) is 19.2 Å². The van der Waals surface area contributed by atoms with E-state index in [1.807, 2.05) is 19.1 Å². The van der Waals surface area contributed by atoms with Gasteiger partial charge >= 0.3 is 16.2 Å². The quantitative estimate of drug-likeness (QED) is 0.796. The maximum atomic E-state index is 12.0. The molecular weight excluding hydrogens is 268 g/mol. The van der Waals surface area contributed by atoms with E-state index in [1.165, 1.54) is 14.2 Å². The number of benzene rings is 1. The van der Waals surface area contributed by atoms with Gasteiger partial charge in [-0.3, -0.25) is 9.52 Å². The molecule has 0 saturated heterocycles. The van der Waals surface area contributed by atoms with Crippen molar-refractivity contribution in [2.75, 3.05) is 25.4 Å². The summed E-state index contributed by atoms with van der Waals surface area (Å²) in [5.41, 5.74) is 1.35. The van der Waals surface area contributed by atoms with Crippen LogP contribution in [0.25, 0.3) is 0 Å². The molecule has 0 bridgehead atoms. The molecule has 7 heteroatoms. The van der Waals surface area contributed by atoms with Crippen LogP contribution in [0.5, 0.6) is 0 Å². The highest BCUT2D eigenvalue weighted by Gasteiger charge is 2.19. The summed E-state index contributed by atoms with van der Waals surface area (Å²) in [4.78, 5) is 11.0. The van der Waals surface area contributed by atoms with Crippen LogP contribution in [-0.4, -0.2) is 39.4 Å². The molecule has 1 rings (SSSR count). The Bertz CT molecular complexity index is 542. The Labute approximate surface area is 113 Å². The Morgan fingerprint density at radius 3 is 2.58 bits per heavy atom. The molecule has 0 aliphatic carbocycles. The van der Waals surface area contributed by atoms with E-state index < -0.39 is 16.2 Å². The highest BCUT2D eigenvalue weighted by Crippen LogP contribution is 2.16. The van der Waals surface area contributed by atoms with Gasteiger partial charge in [-0.1, -0.05) is 18.2 Å². The smallest absolute Gasteiger partial charge is 0.306 e. The average Bonchev–Trinajstić information content (AvgIpc) is 2.37. The van der Waals surface area contributed by atoms with Gasteiger partial charge in [-0.15, -0.1) is 0 Å². The van der Waals surface area contributed by atoms with Crippen molar-refractivity contribution in [1.82, 2.24) is 4.31 Å². The van der Waals surface area contributed by atoms with Crippen molar-refractivity contribution in [2.24, 2.45) is 0 Å². The molecule has 0 amide bonds. The number of methoxy groups -OCH3 is 1. The Hall–Kier alpha value is -1.60. The highest BCUT2D eigenvalue weighted by atomic mass is 32.2. The Morgan fingerprint density at radius 2 is 2.00 bits per heavy atom. The summed E-state index contributed by atoms with van der Waals surface area (Å²) in [5.74, 6) is -0.446. The van der Waals surface area contributed by atoms with Crippen LogP contribution in [0.2, 0.25) is 0 Å². The minimum atomic E-state index is -3.66. The molecule has 19 heavy (non-hydrogen) atoms. The van der Waals surface area contributed by atoms with E-state index in [1.54, 1.807) is 12.1 Å². The van der Waals surface area contributed by atoms with E-state index in [0.717, 1.165) is 9.87 Å². The van der Waals surface area contributed by atoms with Crippen LogP contribution in [0, 0.1) is 6.92 Å². The minimum absolute atomic E-state index is 0.0156. The summed E-state index contributed by atoms with van der Waals surface area (Å²) in [7, 11) is -0.992. The third-order valence-electron chi connectivity index (χ3n) is 2.65. The van der Waals surface area contributed by atoms with Crippen molar-refractivity contribution in [3.63, 3.8) is 0 Å². The van der Waals surface area contributed by atoms with Gasteiger partial charge in [-0.25, -0.2) is 0 Å². The van der Waals surface area contributed by atoms with Crippen molar-refractivity contribution < 1.29 is 17.9 Å². The first-order valence-electron chi connectivity index (χ1n) is 5.73. The molecule has 6 nitrogen and oxygen atoms in total. The molecule has 0 aliphatic heterocycles.